The van der Waals surface area contributed by atoms with Crippen molar-refractivity contribution in [3.8, 4) is 0 Å². The number of fused-ring (bicyclic) bond motifs is 1. The van der Waals surface area contributed by atoms with Crippen LogP contribution >= 0.6 is 0 Å². The van der Waals surface area contributed by atoms with Crippen molar-refractivity contribution < 1.29 is 10.0 Å². The van der Waals surface area contributed by atoms with Crippen molar-refractivity contribution in [3.05, 3.63) is 0 Å². The summed E-state index contributed by atoms with van der Waals surface area (Å²) in [4.78, 5) is 16.5. The van der Waals surface area contributed by atoms with E-state index in [0.29, 0.717) is 6.04 Å². The number of amides is 1. The lowest BCUT2D eigenvalue weighted by Gasteiger charge is -2.47. The molecule has 6 heteroatoms. The highest BCUT2D eigenvalue weighted by Crippen LogP contribution is 2.24. The second kappa shape index (κ2) is 5.56. The third-order valence-electron chi connectivity index (χ3n) is 3.97. The van der Waals surface area contributed by atoms with E-state index in [0.717, 1.165) is 19.6 Å². The van der Waals surface area contributed by atoms with Gasteiger partial charge in [-0.15, -0.1) is 0 Å². The molecule has 0 spiro atoms. The lowest BCUT2D eigenvalue weighted by Crippen LogP contribution is -2.60. The highest BCUT2D eigenvalue weighted by molar-refractivity contribution is 5.98. The molecule has 0 aromatic rings. The van der Waals surface area contributed by atoms with Gasteiger partial charge in [0.2, 0.25) is 5.91 Å². The summed E-state index contributed by atoms with van der Waals surface area (Å²) >= 11 is 0. The SMILES string of the molecule is CC1CN2CCCCC2CN1C(=O)CC(N)=NO. The number of nitrogens with two attached hydrogens (primary N) is 1. The van der Waals surface area contributed by atoms with Crippen LogP contribution in [0.5, 0.6) is 0 Å². The number of oxime groups is 1. The first kappa shape index (κ1) is 13.1. The van der Waals surface area contributed by atoms with Crippen LogP contribution in [0.15, 0.2) is 5.16 Å². The maximum Gasteiger partial charge on any atom is 0.230 e. The van der Waals surface area contributed by atoms with Crippen molar-refractivity contribution in [1.29, 1.82) is 0 Å². The van der Waals surface area contributed by atoms with E-state index >= 15 is 0 Å². The maximum absolute atomic E-state index is 12.1. The topological polar surface area (TPSA) is 82.2 Å². The highest BCUT2D eigenvalue weighted by Gasteiger charge is 2.35. The molecule has 102 valence electrons. The van der Waals surface area contributed by atoms with Crippen LogP contribution < -0.4 is 5.73 Å². The largest absolute Gasteiger partial charge is 0.409 e. The quantitative estimate of drug-likeness (QED) is 0.319. The Bertz CT molecular complexity index is 345. The molecule has 2 aliphatic heterocycles. The minimum atomic E-state index is -0.0389. The average molecular weight is 254 g/mol. The predicted molar refractivity (Wildman–Crippen MR) is 68.4 cm³/mol. The molecule has 0 aromatic heterocycles. The van der Waals surface area contributed by atoms with Crippen LogP contribution in [0.2, 0.25) is 0 Å². The number of carbonyl (C=O) groups excluding carboxylic acids is 1. The van der Waals surface area contributed by atoms with Gasteiger partial charge >= 0.3 is 0 Å². The standard InChI is InChI=1S/C12H22N4O2/c1-9-7-15-5-3-2-4-10(15)8-16(9)12(17)6-11(13)14-18/h9-10,18H,2-8H2,1H3,(H2,13,14). The summed E-state index contributed by atoms with van der Waals surface area (Å²) in [5, 5.41) is 11.4. The van der Waals surface area contributed by atoms with Crippen LogP contribution in [0.4, 0.5) is 0 Å². The minimum Gasteiger partial charge on any atom is -0.409 e. The molecule has 2 rings (SSSR count). The Morgan fingerprint density at radius 2 is 2.22 bits per heavy atom. The summed E-state index contributed by atoms with van der Waals surface area (Å²) in [6.45, 7) is 4.93. The first-order valence-electron chi connectivity index (χ1n) is 6.61. The van der Waals surface area contributed by atoms with E-state index in [-0.39, 0.29) is 24.2 Å². The number of hydrogen-bond acceptors (Lipinski definition) is 4. The number of piperazine rings is 1. The normalized spacial score (nSPS) is 30.1. The lowest BCUT2D eigenvalue weighted by molar-refractivity contribution is -0.136. The third-order valence-corrected chi connectivity index (χ3v) is 3.97. The fourth-order valence-corrected chi connectivity index (χ4v) is 2.99. The number of hydrogen-bond donors (Lipinski definition) is 2. The van der Waals surface area contributed by atoms with Crippen molar-refractivity contribution in [1.82, 2.24) is 9.80 Å². The van der Waals surface area contributed by atoms with Crippen LogP contribution in [0, 0.1) is 0 Å². The molecular formula is C12H22N4O2. The molecule has 2 unspecified atom stereocenters. The van der Waals surface area contributed by atoms with E-state index in [9.17, 15) is 4.79 Å². The highest BCUT2D eigenvalue weighted by atomic mass is 16.4. The number of carbonyl (C=O) groups is 1. The number of piperidine rings is 1. The zero-order valence-corrected chi connectivity index (χ0v) is 10.9. The van der Waals surface area contributed by atoms with E-state index < -0.39 is 0 Å². The number of nitrogens with zero attached hydrogens (tertiary/aromatic N) is 3. The van der Waals surface area contributed by atoms with E-state index in [1.165, 1.54) is 19.3 Å². The Labute approximate surface area is 107 Å². The molecule has 2 aliphatic rings. The van der Waals surface area contributed by atoms with E-state index in [1.807, 2.05) is 4.90 Å². The Kier molecular flexibility index (Phi) is 4.06. The van der Waals surface area contributed by atoms with E-state index in [4.69, 9.17) is 10.9 Å². The van der Waals surface area contributed by atoms with Gasteiger partial charge in [0.05, 0.1) is 6.42 Å². The summed E-state index contributed by atoms with van der Waals surface area (Å²) in [5.74, 6) is -0.0544. The molecule has 18 heavy (non-hydrogen) atoms. The summed E-state index contributed by atoms with van der Waals surface area (Å²) in [6.07, 6.45) is 3.69. The maximum atomic E-state index is 12.1. The molecule has 0 bridgehead atoms. The van der Waals surface area contributed by atoms with Gasteiger partial charge < -0.3 is 15.8 Å². The first-order valence-corrected chi connectivity index (χ1v) is 6.61. The van der Waals surface area contributed by atoms with Crippen molar-refractivity contribution in [2.45, 2.75) is 44.7 Å². The van der Waals surface area contributed by atoms with Gasteiger partial charge in [0.1, 0.15) is 5.84 Å². The summed E-state index contributed by atoms with van der Waals surface area (Å²) in [7, 11) is 0. The molecule has 6 nitrogen and oxygen atoms in total. The minimum absolute atomic E-state index is 0.00750. The van der Waals surface area contributed by atoms with Crippen molar-refractivity contribution >= 4 is 11.7 Å². The molecule has 2 atom stereocenters. The Morgan fingerprint density at radius 3 is 2.94 bits per heavy atom. The Morgan fingerprint density at radius 1 is 1.44 bits per heavy atom. The van der Waals surface area contributed by atoms with Crippen LogP contribution in [0.3, 0.4) is 0 Å². The number of amidine groups is 1. The molecule has 2 heterocycles. The Hall–Kier alpha value is -1.30. The monoisotopic (exact) mass is 254 g/mol. The van der Waals surface area contributed by atoms with Gasteiger partial charge in [-0.2, -0.15) is 0 Å². The van der Waals surface area contributed by atoms with Crippen LogP contribution in [-0.4, -0.2) is 58.5 Å². The fraction of sp³-hybridized carbons (Fsp3) is 0.833. The molecule has 0 radical (unpaired) electrons. The smallest absolute Gasteiger partial charge is 0.230 e. The molecule has 0 aliphatic carbocycles. The summed E-state index contributed by atoms with van der Waals surface area (Å²) in [6, 6.07) is 0.699. The van der Waals surface area contributed by atoms with E-state index in [2.05, 4.69) is 17.0 Å². The van der Waals surface area contributed by atoms with Gasteiger partial charge in [-0.05, 0) is 26.3 Å². The average Bonchev–Trinajstić information content (AvgIpc) is 2.37. The summed E-state index contributed by atoms with van der Waals surface area (Å²) < 4.78 is 0. The van der Waals surface area contributed by atoms with Gasteiger partial charge in [0.25, 0.3) is 0 Å². The zero-order chi connectivity index (χ0) is 13.1. The van der Waals surface area contributed by atoms with Crippen molar-refractivity contribution in [2.75, 3.05) is 19.6 Å². The molecule has 2 saturated heterocycles. The summed E-state index contributed by atoms with van der Waals surface area (Å²) in [5.41, 5.74) is 5.40. The molecular weight excluding hydrogens is 232 g/mol. The van der Waals surface area contributed by atoms with Crippen LogP contribution in [0.1, 0.15) is 32.6 Å². The zero-order valence-electron chi connectivity index (χ0n) is 10.9. The molecule has 0 aromatic carbocycles. The van der Waals surface area contributed by atoms with Gasteiger partial charge in [-0.1, -0.05) is 11.6 Å². The second-order valence-corrected chi connectivity index (χ2v) is 5.31. The fourth-order valence-electron chi connectivity index (χ4n) is 2.99. The van der Waals surface area contributed by atoms with Gasteiger partial charge in [0.15, 0.2) is 0 Å². The molecule has 1 amide bonds. The second-order valence-electron chi connectivity index (χ2n) is 5.31. The Balaban J connectivity index is 1.98. The first-order chi connectivity index (χ1) is 8.61. The third kappa shape index (κ3) is 2.75. The van der Waals surface area contributed by atoms with Gasteiger partial charge in [0, 0.05) is 25.2 Å². The molecule has 3 N–H and O–H groups in total. The van der Waals surface area contributed by atoms with Gasteiger partial charge in [-0.25, -0.2) is 0 Å². The molecule has 0 saturated carbocycles. The lowest BCUT2D eigenvalue weighted by atomic mass is 9.97. The van der Waals surface area contributed by atoms with Crippen molar-refractivity contribution in [3.63, 3.8) is 0 Å². The van der Waals surface area contributed by atoms with Gasteiger partial charge in [-0.3, -0.25) is 9.69 Å². The number of rotatable bonds is 2. The van der Waals surface area contributed by atoms with Crippen LogP contribution in [-0.2, 0) is 4.79 Å². The predicted octanol–water partition coefficient (Wildman–Crippen LogP) is 0.208. The van der Waals surface area contributed by atoms with E-state index in [1.54, 1.807) is 0 Å². The molecule has 2 fully saturated rings. The van der Waals surface area contributed by atoms with Crippen molar-refractivity contribution in [2.24, 2.45) is 10.9 Å². The van der Waals surface area contributed by atoms with Crippen LogP contribution in [0.25, 0.3) is 0 Å².